The number of aromatic carboxylic acids is 1. The van der Waals surface area contributed by atoms with Crippen LogP contribution in [0.15, 0.2) is 47.5 Å². The van der Waals surface area contributed by atoms with Crippen LogP contribution in [0.5, 0.6) is 0 Å². The first kappa shape index (κ1) is 15.1. The third kappa shape index (κ3) is 3.61. The van der Waals surface area contributed by atoms with Crippen LogP contribution in [0, 0.1) is 5.82 Å². The molecule has 110 valence electrons. The van der Waals surface area contributed by atoms with E-state index >= 15 is 0 Å². The number of aromatic nitrogens is 1. The van der Waals surface area contributed by atoms with Gasteiger partial charge in [0.05, 0.1) is 17.8 Å². The number of carboxylic acid groups (broad SMARTS) is 1. The minimum absolute atomic E-state index is 0.125. The highest BCUT2D eigenvalue weighted by atomic mass is 32.2. The second-order valence-electron chi connectivity index (χ2n) is 4.10. The van der Waals surface area contributed by atoms with Gasteiger partial charge in [0.1, 0.15) is 10.7 Å². The zero-order valence-electron chi connectivity index (χ0n) is 10.7. The van der Waals surface area contributed by atoms with E-state index in [1.165, 1.54) is 6.20 Å². The molecule has 0 bridgehead atoms. The number of nitrogens with one attached hydrogen (secondary N) is 1. The number of pyridine rings is 1. The lowest BCUT2D eigenvalue weighted by atomic mass is 10.2. The van der Waals surface area contributed by atoms with Gasteiger partial charge in [-0.15, -0.1) is 0 Å². The molecule has 1 heterocycles. The van der Waals surface area contributed by atoms with Crippen LogP contribution in [0.2, 0.25) is 0 Å². The van der Waals surface area contributed by atoms with Gasteiger partial charge in [-0.1, -0.05) is 6.07 Å². The molecule has 2 rings (SSSR count). The number of carbonyl (C=O) groups is 1. The average molecular weight is 310 g/mol. The van der Waals surface area contributed by atoms with Crippen molar-refractivity contribution in [3.8, 4) is 0 Å². The molecule has 0 radical (unpaired) electrons. The SMILES string of the molecule is O=C(O)c1ccc(F)c(S(=O)(=O)NCc2ccccn2)c1. The Morgan fingerprint density at radius 1 is 1.29 bits per heavy atom. The maximum Gasteiger partial charge on any atom is 0.335 e. The maximum atomic E-state index is 13.6. The molecule has 0 aliphatic rings. The lowest BCUT2D eigenvalue weighted by Crippen LogP contribution is -2.25. The molecule has 21 heavy (non-hydrogen) atoms. The lowest BCUT2D eigenvalue weighted by Gasteiger charge is -2.08. The molecule has 0 aliphatic heterocycles. The number of hydrogen-bond acceptors (Lipinski definition) is 4. The molecule has 0 spiro atoms. The van der Waals surface area contributed by atoms with Crippen molar-refractivity contribution >= 4 is 16.0 Å². The van der Waals surface area contributed by atoms with Crippen LogP contribution < -0.4 is 4.72 Å². The largest absolute Gasteiger partial charge is 0.478 e. The van der Waals surface area contributed by atoms with Gasteiger partial charge in [0.15, 0.2) is 0 Å². The second kappa shape index (κ2) is 5.98. The van der Waals surface area contributed by atoms with E-state index in [1.807, 2.05) is 0 Å². The van der Waals surface area contributed by atoms with Gasteiger partial charge in [0, 0.05) is 6.20 Å². The number of halogens is 1. The van der Waals surface area contributed by atoms with Crippen molar-refractivity contribution in [2.45, 2.75) is 11.4 Å². The Kier molecular flexibility index (Phi) is 4.29. The summed E-state index contributed by atoms with van der Waals surface area (Å²) in [6.07, 6.45) is 1.50. The Hall–Kier alpha value is -2.32. The fourth-order valence-corrected chi connectivity index (χ4v) is 2.69. The fourth-order valence-electron chi connectivity index (χ4n) is 1.59. The van der Waals surface area contributed by atoms with Gasteiger partial charge >= 0.3 is 5.97 Å². The van der Waals surface area contributed by atoms with Crippen LogP contribution in [-0.2, 0) is 16.6 Å². The van der Waals surface area contributed by atoms with Crippen molar-refractivity contribution in [3.63, 3.8) is 0 Å². The van der Waals surface area contributed by atoms with E-state index in [0.29, 0.717) is 5.69 Å². The van der Waals surface area contributed by atoms with E-state index in [1.54, 1.807) is 18.2 Å². The molecule has 2 N–H and O–H groups in total. The molecule has 0 aliphatic carbocycles. The maximum absolute atomic E-state index is 13.6. The summed E-state index contributed by atoms with van der Waals surface area (Å²) in [6, 6.07) is 7.54. The highest BCUT2D eigenvalue weighted by Crippen LogP contribution is 2.16. The van der Waals surface area contributed by atoms with Gasteiger partial charge in [0.2, 0.25) is 10.0 Å². The van der Waals surface area contributed by atoms with Crippen LogP contribution in [0.3, 0.4) is 0 Å². The quantitative estimate of drug-likeness (QED) is 0.870. The topological polar surface area (TPSA) is 96.4 Å². The van der Waals surface area contributed by atoms with E-state index in [-0.39, 0.29) is 12.1 Å². The second-order valence-corrected chi connectivity index (χ2v) is 5.83. The number of nitrogens with zero attached hydrogens (tertiary/aromatic N) is 1. The first-order valence-electron chi connectivity index (χ1n) is 5.82. The lowest BCUT2D eigenvalue weighted by molar-refractivity contribution is 0.0696. The molecule has 1 aromatic heterocycles. The molecular formula is C13H11FN2O4S. The molecule has 0 fully saturated rings. The Morgan fingerprint density at radius 2 is 2.05 bits per heavy atom. The van der Waals surface area contributed by atoms with E-state index in [4.69, 9.17) is 5.11 Å². The zero-order valence-corrected chi connectivity index (χ0v) is 11.5. The average Bonchev–Trinajstić information content (AvgIpc) is 2.46. The predicted molar refractivity (Wildman–Crippen MR) is 71.6 cm³/mol. The smallest absolute Gasteiger partial charge is 0.335 e. The first-order valence-corrected chi connectivity index (χ1v) is 7.31. The summed E-state index contributed by atoms with van der Waals surface area (Å²) in [7, 11) is -4.17. The van der Waals surface area contributed by atoms with Crippen molar-refractivity contribution in [2.75, 3.05) is 0 Å². The first-order chi connectivity index (χ1) is 9.90. The van der Waals surface area contributed by atoms with Crippen molar-refractivity contribution in [3.05, 3.63) is 59.7 Å². The van der Waals surface area contributed by atoms with E-state index in [0.717, 1.165) is 18.2 Å². The van der Waals surface area contributed by atoms with Crippen molar-refractivity contribution < 1.29 is 22.7 Å². The fraction of sp³-hybridized carbons (Fsp3) is 0.0769. The van der Waals surface area contributed by atoms with Gasteiger partial charge in [-0.25, -0.2) is 22.3 Å². The summed E-state index contributed by atoms with van der Waals surface area (Å²) in [5, 5.41) is 8.83. The minimum Gasteiger partial charge on any atom is -0.478 e. The van der Waals surface area contributed by atoms with E-state index in [2.05, 4.69) is 9.71 Å². The molecule has 6 nitrogen and oxygen atoms in total. The van der Waals surface area contributed by atoms with Crippen LogP contribution in [0.25, 0.3) is 0 Å². The third-order valence-corrected chi connectivity index (χ3v) is 4.05. The molecule has 0 amide bonds. The number of hydrogen-bond donors (Lipinski definition) is 2. The van der Waals surface area contributed by atoms with Gasteiger partial charge in [-0.2, -0.15) is 0 Å². The van der Waals surface area contributed by atoms with E-state index < -0.39 is 26.7 Å². The minimum atomic E-state index is -4.17. The highest BCUT2D eigenvalue weighted by Gasteiger charge is 2.21. The number of sulfonamides is 1. The van der Waals surface area contributed by atoms with Gasteiger partial charge in [-0.3, -0.25) is 4.98 Å². The summed E-state index contributed by atoms with van der Waals surface area (Å²) >= 11 is 0. The standard InChI is InChI=1S/C13H11FN2O4S/c14-11-5-4-9(13(17)18)7-12(11)21(19,20)16-8-10-3-1-2-6-15-10/h1-7,16H,8H2,(H,17,18). The van der Waals surface area contributed by atoms with E-state index in [9.17, 15) is 17.6 Å². The normalized spacial score (nSPS) is 11.3. The highest BCUT2D eigenvalue weighted by molar-refractivity contribution is 7.89. The van der Waals surface area contributed by atoms with Gasteiger partial charge in [0.25, 0.3) is 0 Å². The Bertz CT molecular complexity index is 763. The predicted octanol–water partition coefficient (Wildman–Crippen LogP) is 1.40. The summed E-state index contributed by atoms with van der Waals surface area (Å²) in [4.78, 5) is 14.0. The molecule has 2 aromatic rings. The molecule has 8 heteroatoms. The number of benzene rings is 1. The summed E-state index contributed by atoms with van der Waals surface area (Å²) in [5.41, 5.74) is 0.144. The van der Waals surface area contributed by atoms with Crippen LogP contribution in [0.4, 0.5) is 4.39 Å². The Morgan fingerprint density at radius 3 is 2.67 bits per heavy atom. The van der Waals surface area contributed by atoms with Crippen molar-refractivity contribution in [1.82, 2.24) is 9.71 Å². The van der Waals surface area contributed by atoms with Crippen molar-refractivity contribution in [1.29, 1.82) is 0 Å². The summed E-state index contributed by atoms with van der Waals surface area (Å²) < 4.78 is 39.9. The van der Waals surface area contributed by atoms with Crippen LogP contribution in [0.1, 0.15) is 16.1 Å². The number of rotatable bonds is 5. The molecule has 0 saturated carbocycles. The summed E-state index contributed by atoms with van der Waals surface area (Å²) in [5.74, 6) is -2.36. The van der Waals surface area contributed by atoms with Gasteiger partial charge < -0.3 is 5.11 Å². The zero-order chi connectivity index (χ0) is 15.5. The third-order valence-electron chi connectivity index (χ3n) is 2.64. The van der Waals surface area contributed by atoms with Crippen LogP contribution >= 0.6 is 0 Å². The monoisotopic (exact) mass is 310 g/mol. The summed E-state index contributed by atoms with van der Waals surface area (Å²) in [6.45, 7) is -0.125. The molecule has 0 unspecified atom stereocenters. The molecule has 0 saturated heterocycles. The van der Waals surface area contributed by atoms with Crippen LogP contribution in [-0.4, -0.2) is 24.5 Å². The Balaban J connectivity index is 2.27. The van der Waals surface area contributed by atoms with Gasteiger partial charge in [-0.05, 0) is 30.3 Å². The Labute approximate surface area is 120 Å². The molecule has 1 aromatic carbocycles. The van der Waals surface area contributed by atoms with Crippen molar-refractivity contribution in [2.24, 2.45) is 0 Å². The molecular weight excluding hydrogens is 299 g/mol. The molecule has 0 atom stereocenters. The number of carboxylic acids is 1.